The molecular formula is C11H11NO3. The fraction of sp³-hybridized carbons (Fsp3) is 0.273. The Morgan fingerprint density at radius 3 is 2.60 bits per heavy atom. The summed E-state index contributed by atoms with van der Waals surface area (Å²) in [7, 11) is 0. The number of aliphatic hydroxyl groups excluding tert-OH is 1. The van der Waals surface area contributed by atoms with Crippen LogP contribution in [0, 0.1) is 18.3 Å². The van der Waals surface area contributed by atoms with Crippen molar-refractivity contribution in [3.05, 3.63) is 34.4 Å². The number of nitriles is 1. The average molecular weight is 205 g/mol. The molecule has 0 unspecified atom stereocenters. The van der Waals surface area contributed by atoms with Crippen LogP contribution < -0.4 is 0 Å². The number of hydrogen-bond acceptors (Lipinski definition) is 3. The number of carbonyl (C=O) groups is 1. The monoisotopic (exact) mass is 205 g/mol. The van der Waals surface area contributed by atoms with E-state index >= 15 is 0 Å². The predicted molar refractivity (Wildman–Crippen MR) is 53.2 cm³/mol. The Labute approximate surface area is 87.4 Å². The number of rotatable bonds is 3. The molecule has 4 nitrogen and oxygen atoms in total. The molecule has 0 spiro atoms. The van der Waals surface area contributed by atoms with Gasteiger partial charge in [0.05, 0.1) is 24.7 Å². The quantitative estimate of drug-likeness (QED) is 0.770. The molecular weight excluding hydrogens is 194 g/mol. The minimum atomic E-state index is -0.932. The molecule has 0 aromatic heterocycles. The number of aryl methyl sites for hydroxylation is 1. The fourth-order valence-electron chi connectivity index (χ4n) is 1.40. The van der Waals surface area contributed by atoms with Crippen molar-refractivity contribution in [2.75, 3.05) is 0 Å². The van der Waals surface area contributed by atoms with Crippen molar-refractivity contribution in [1.82, 2.24) is 0 Å². The largest absolute Gasteiger partial charge is 0.481 e. The van der Waals surface area contributed by atoms with Gasteiger partial charge < -0.3 is 10.2 Å². The predicted octanol–water partition coefficient (Wildman–Crippen LogP) is 0.986. The Balaban J connectivity index is 3.21. The van der Waals surface area contributed by atoms with Crippen LogP contribution in [0.15, 0.2) is 12.1 Å². The number of aliphatic carboxylic acids is 1. The van der Waals surface area contributed by atoms with E-state index in [2.05, 4.69) is 0 Å². The lowest BCUT2D eigenvalue weighted by atomic mass is 9.98. The molecule has 4 heteroatoms. The summed E-state index contributed by atoms with van der Waals surface area (Å²) in [5.41, 5.74) is 2.25. The SMILES string of the molecule is Cc1cc(CO)c(C#N)cc1CC(=O)O. The lowest BCUT2D eigenvalue weighted by Gasteiger charge is -2.07. The second-order valence-corrected chi connectivity index (χ2v) is 3.28. The van der Waals surface area contributed by atoms with Crippen LogP contribution in [0.2, 0.25) is 0 Å². The van der Waals surface area contributed by atoms with Gasteiger partial charge in [-0.25, -0.2) is 0 Å². The zero-order valence-corrected chi connectivity index (χ0v) is 8.32. The van der Waals surface area contributed by atoms with E-state index in [1.54, 1.807) is 13.0 Å². The van der Waals surface area contributed by atoms with E-state index in [1.807, 2.05) is 6.07 Å². The van der Waals surface area contributed by atoms with Crippen molar-refractivity contribution in [3.63, 3.8) is 0 Å². The number of carboxylic acids is 1. The Morgan fingerprint density at radius 1 is 1.47 bits per heavy atom. The number of benzene rings is 1. The molecule has 1 aromatic carbocycles. The summed E-state index contributed by atoms with van der Waals surface area (Å²) in [6.45, 7) is 1.55. The zero-order chi connectivity index (χ0) is 11.4. The molecule has 15 heavy (non-hydrogen) atoms. The normalized spacial score (nSPS) is 9.67. The lowest BCUT2D eigenvalue weighted by Crippen LogP contribution is -2.04. The van der Waals surface area contributed by atoms with E-state index in [4.69, 9.17) is 15.5 Å². The highest BCUT2D eigenvalue weighted by molar-refractivity contribution is 5.71. The maximum Gasteiger partial charge on any atom is 0.307 e. The average Bonchev–Trinajstić information content (AvgIpc) is 2.19. The molecule has 0 atom stereocenters. The molecule has 0 aliphatic rings. The van der Waals surface area contributed by atoms with Gasteiger partial charge in [-0.3, -0.25) is 4.79 Å². The molecule has 2 N–H and O–H groups in total. The van der Waals surface area contributed by atoms with Crippen LogP contribution in [0.4, 0.5) is 0 Å². The van der Waals surface area contributed by atoms with Gasteiger partial charge in [-0.2, -0.15) is 5.26 Å². The number of hydrogen-bond donors (Lipinski definition) is 2. The van der Waals surface area contributed by atoms with Crippen LogP contribution in [0.5, 0.6) is 0 Å². The second-order valence-electron chi connectivity index (χ2n) is 3.28. The first kappa shape index (κ1) is 11.2. The highest BCUT2D eigenvalue weighted by atomic mass is 16.4. The first-order valence-electron chi connectivity index (χ1n) is 4.43. The van der Waals surface area contributed by atoms with Crippen molar-refractivity contribution >= 4 is 5.97 Å². The number of aliphatic hydroxyl groups is 1. The fourth-order valence-corrected chi connectivity index (χ4v) is 1.40. The zero-order valence-electron chi connectivity index (χ0n) is 8.32. The third-order valence-electron chi connectivity index (χ3n) is 2.19. The summed E-state index contributed by atoms with van der Waals surface area (Å²) in [6.07, 6.45) is -0.105. The van der Waals surface area contributed by atoms with Crippen LogP contribution >= 0.6 is 0 Å². The Hall–Kier alpha value is -1.86. The van der Waals surface area contributed by atoms with E-state index in [0.717, 1.165) is 5.56 Å². The summed E-state index contributed by atoms with van der Waals surface area (Å²) in [5, 5.41) is 26.4. The summed E-state index contributed by atoms with van der Waals surface area (Å²) in [6, 6.07) is 5.11. The van der Waals surface area contributed by atoms with E-state index < -0.39 is 5.97 Å². The standard InChI is InChI=1S/C11H11NO3/c1-7-2-10(6-13)9(5-12)3-8(7)4-11(14)15/h2-3,13H,4,6H2,1H3,(H,14,15). The van der Waals surface area contributed by atoms with Crippen LogP contribution in [-0.4, -0.2) is 16.2 Å². The molecule has 0 bridgehead atoms. The van der Waals surface area contributed by atoms with Gasteiger partial charge in [0.25, 0.3) is 0 Å². The van der Waals surface area contributed by atoms with Crippen molar-refractivity contribution in [2.24, 2.45) is 0 Å². The maximum absolute atomic E-state index is 10.5. The van der Waals surface area contributed by atoms with E-state index in [0.29, 0.717) is 16.7 Å². The molecule has 0 aliphatic heterocycles. The van der Waals surface area contributed by atoms with Crippen molar-refractivity contribution in [2.45, 2.75) is 20.0 Å². The van der Waals surface area contributed by atoms with Crippen LogP contribution in [0.3, 0.4) is 0 Å². The first-order valence-corrected chi connectivity index (χ1v) is 4.43. The molecule has 0 amide bonds. The summed E-state index contributed by atoms with van der Waals surface area (Å²) in [4.78, 5) is 10.5. The van der Waals surface area contributed by atoms with Crippen LogP contribution in [0.1, 0.15) is 22.3 Å². The van der Waals surface area contributed by atoms with E-state index in [-0.39, 0.29) is 13.0 Å². The maximum atomic E-state index is 10.5. The lowest BCUT2D eigenvalue weighted by molar-refractivity contribution is -0.136. The molecule has 0 aliphatic carbocycles. The summed E-state index contributed by atoms with van der Waals surface area (Å²) < 4.78 is 0. The van der Waals surface area contributed by atoms with E-state index in [1.165, 1.54) is 6.07 Å². The molecule has 1 rings (SSSR count). The highest BCUT2D eigenvalue weighted by Gasteiger charge is 2.09. The smallest absolute Gasteiger partial charge is 0.307 e. The van der Waals surface area contributed by atoms with Gasteiger partial charge in [-0.1, -0.05) is 6.07 Å². The number of nitrogens with zero attached hydrogens (tertiary/aromatic N) is 1. The van der Waals surface area contributed by atoms with Gasteiger partial charge in [0.2, 0.25) is 0 Å². The van der Waals surface area contributed by atoms with Gasteiger partial charge in [0.15, 0.2) is 0 Å². The van der Waals surface area contributed by atoms with Crippen LogP contribution in [-0.2, 0) is 17.8 Å². The van der Waals surface area contributed by atoms with Crippen LogP contribution in [0.25, 0.3) is 0 Å². The molecule has 0 fully saturated rings. The second kappa shape index (κ2) is 4.58. The summed E-state index contributed by atoms with van der Waals surface area (Å²) >= 11 is 0. The Kier molecular flexibility index (Phi) is 3.42. The van der Waals surface area contributed by atoms with Gasteiger partial charge in [-0.15, -0.1) is 0 Å². The van der Waals surface area contributed by atoms with Crippen molar-refractivity contribution in [3.8, 4) is 6.07 Å². The minimum absolute atomic E-state index is 0.105. The third kappa shape index (κ3) is 2.55. The summed E-state index contributed by atoms with van der Waals surface area (Å²) in [5.74, 6) is -0.932. The van der Waals surface area contributed by atoms with Gasteiger partial charge in [-0.05, 0) is 29.7 Å². The third-order valence-corrected chi connectivity index (χ3v) is 2.19. The Bertz CT molecular complexity index is 432. The molecule has 1 aromatic rings. The topological polar surface area (TPSA) is 81.3 Å². The molecule has 0 heterocycles. The van der Waals surface area contributed by atoms with E-state index in [9.17, 15) is 4.79 Å². The van der Waals surface area contributed by atoms with Gasteiger partial charge in [0, 0.05) is 0 Å². The van der Waals surface area contributed by atoms with Crippen molar-refractivity contribution in [1.29, 1.82) is 5.26 Å². The molecule has 0 radical (unpaired) electrons. The Morgan fingerprint density at radius 2 is 2.13 bits per heavy atom. The van der Waals surface area contributed by atoms with Gasteiger partial charge >= 0.3 is 5.97 Å². The molecule has 0 saturated carbocycles. The minimum Gasteiger partial charge on any atom is -0.481 e. The molecule has 0 saturated heterocycles. The molecule has 78 valence electrons. The first-order chi connectivity index (χ1) is 7.08. The van der Waals surface area contributed by atoms with Crippen molar-refractivity contribution < 1.29 is 15.0 Å². The number of carboxylic acid groups (broad SMARTS) is 1. The highest BCUT2D eigenvalue weighted by Crippen LogP contribution is 2.16. The van der Waals surface area contributed by atoms with Gasteiger partial charge in [0.1, 0.15) is 0 Å².